The molecular formula is C9H9O3W-. The topological polar surface area (TPSA) is 35.5 Å². The summed E-state index contributed by atoms with van der Waals surface area (Å²) in [6.07, 6.45) is 0.700. The van der Waals surface area contributed by atoms with E-state index in [1.165, 1.54) is 14.2 Å². The van der Waals surface area contributed by atoms with Crippen molar-refractivity contribution in [3.63, 3.8) is 0 Å². The van der Waals surface area contributed by atoms with E-state index in [1.54, 1.807) is 12.1 Å². The maximum atomic E-state index is 10.6. The number of hydrogen-bond donors (Lipinski definition) is 0. The van der Waals surface area contributed by atoms with E-state index >= 15 is 0 Å². The van der Waals surface area contributed by atoms with Gasteiger partial charge < -0.3 is 9.47 Å². The van der Waals surface area contributed by atoms with Crippen molar-refractivity contribution in [2.75, 3.05) is 14.2 Å². The molecule has 4 heteroatoms. The third-order valence-electron chi connectivity index (χ3n) is 1.52. The quantitative estimate of drug-likeness (QED) is 0.610. The SMILES string of the molecule is COc1c[c-]cc(OC)c1C=O.[W]. The van der Waals surface area contributed by atoms with Gasteiger partial charge in [0.2, 0.25) is 0 Å². The van der Waals surface area contributed by atoms with Gasteiger partial charge in [0, 0.05) is 32.6 Å². The van der Waals surface area contributed by atoms with Gasteiger partial charge in [0.25, 0.3) is 0 Å². The zero-order valence-corrected chi connectivity index (χ0v) is 10.3. The maximum Gasteiger partial charge on any atom is 0.133 e. The predicted octanol–water partition coefficient (Wildman–Crippen LogP) is 1.31. The number of carbonyl (C=O) groups is 1. The van der Waals surface area contributed by atoms with Crippen LogP contribution in [0.5, 0.6) is 11.5 Å². The van der Waals surface area contributed by atoms with Gasteiger partial charge in [-0.3, -0.25) is 4.79 Å². The molecule has 0 aliphatic rings. The number of benzene rings is 1. The molecule has 0 radical (unpaired) electrons. The first-order chi connectivity index (χ1) is 5.83. The van der Waals surface area contributed by atoms with Gasteiger partial charge in [-0.05, 0) is 5.56 Å². The number of hydrogen-bond acceptors (Lipinski definition) is 3. The number of methoxy groups -OCH3 is 2. The molecule has 0 aromatic heterocycles. The molecule has 3 nitrogen and oxygen atoms in total. The van der Waals surface area contributed by atoms with Gasteiger partial charge in [0.1, 0.15) is 6.29 Å². The number of carbonyl (C=O) groups excluding carboxylic acids is 1. The second-order valence-corrected chi connectivity index (χ2v) is 2.12. The van der Waals surface area contributed by atoms with Crippen molar-refractivity contribution in [1.29, 1.82) is 0 Å². The molecule has 1 aromatic carbocycles. The van der Waals surface area contributed by atoms with Crippen LogP contribution in [0.4, 0.5) is 0 Å². The summed E-state index contributed by atoms with van der Waals surface area (Å²) >= 11 is 0. The van der Waals surface area contributed by atoms with Crippen molar-refractivity contribution < 1.29 is 35.3 Å². The summed E-state index contributed by atoms with van der Waals surface area (Å²) in [4.78, 5) is 10.6. The van der Waals surface area contributed by atoms with Crippen molar-refractivity contribution in [1.82, 2.24) is 0 Å². The molecule has 13 heavy (non-hydrogen) atoms. The zero-order valence-electron chi connectivity index (χ0n) is 7.37. The van der Waals surface area contributed by atoms with E-state index in [2.05, 4.69) is 6.07 Å². The molecule has 0 amide bonds. The van der Waals surface area contributed by atoms with Crippen LogP contribution in [0.15, 0.2) is 12.1 Å². The average Bonchev–Trinajstić information content (AvgIpc) is 2.16. The normalized spacial score (nSPS) is 8.46. The first kappa shape index (κ1) is 12.2. The number of rotatable bonds is 3. The van der Waals surface area contributed by atoms with Crippen molar-refractivity contribution >= 4 is 6.29 Å². The summed E-state index contributed by atoms with van der Waals surface area (Å²) in [5, 5.41) is 0. The van der Waals surface area contributed by atoms with Crippen molar-refractivity contribution in [2.24, 2.45) is 0 Å². The average molecular weight is 349 g/mol. The van der Waals surface area contributed by atoms with Crippen LogP contribution in [0.25, 0.3) is 0 Å². The Kier molecular flexibility index (Phi) is 5.40. The van der Waals surface area contributed by atoms with Crippen molar-refractivity contribution in [3.05, 3.63) is 23.8 Å². The van der Waals surface area contributed by atoms with Gasteiger partial charge in [-0.15, -0.1) is 12.1 Å². The predicted molar refractivity (Wildman–Crippen MR) is 43.8 cm³/mol. The van der Waals surface area contributed by atoms with Gasteiger partial charge in [0.15, 0.2) is 0 Å². The van der Waals surface area contributed by atoms with Gasteiger partial charge in [-0.1, -0.05) is 0 Å². The minimum Gasteiger partial charge on any atom is -0.553 e. The minimum atomic E-state index is 0. The van der Waals surface area contributed by atoms with Gasteiger partial charge >= 0.3 is 0 Å². The van der Waals surface area contributed by atoms with Crippen LogP contribution >= 0.6 is 0 Å². The second-order valence-electron chi connectivity index (χ2n) is 2.12. The van der Waals surface area contributed by atoms with Crippen LogP contribution in [0, 0.1) is 6.07 Å². The largest absolute Gasteiger partial charge is 0.553 e. The summed E-state index contributed by atoms with van der Waals surface area (Å²) in [6, 6.07) is 5.98. The molecule has 0 atom stereocenters. The molecule has 1 aromatic rings. The van der Waals surface area contributed by atoms with Gasteiger partial charge in [0.05, 0.1) is 14.2 Å². The Hall–Kier alpha value is -0.822. The van der Waals surface area contributed by atoms with E-state index in [1.807, 2.05) is 0 Å². The summed E-state index contributed by atoms with van der Waals surface area (Å²) in [7, 11) is 2.99. The number of aldehydes is 1. The fourth-order valence-corrected chi connectivity index (χ4v) is 0.924. The van der Waals surface area contributed by atoms with E-state index < -0.39 is 0 Å². The zero-order chi connectivity index (χ0) is 8.97. The fraction of sp³-hybridized carbons (Fsp3) is 0.222. The van der Waals surface area contributed by atoms with Crippen molar-refractivity contribution in [3.8, 4) is 11.5 Å². The first-order valence-corrected chi connectivity index (χ1v) is 3.40. The van der Waals surface area contributed by atoms with Crippen LogP contribution < -0.4 is 9.47 Å². The molecule has 0 spiro atoms. The van der Waals surface area contributed by atoms with Crippen molar-refractivity contribution in [2.45, 2.75) is 0 Å². The minimum absolute atomic E-state index is 0. The molecule has 0 saturated carbocycles. The van der Waals surface area contributed by atoms with Gasteiger partial charge in [-0.25, -0.2) is 0 Å². The van der Waals surface area contributed by atoms with Crippen LogP contribution in [0.3, 0.4) is 0 Å². The number of ether oxygens (including phenoxy) is 2. The summed E-state index contributed by atoms with van der Waals surface area (Å²) in [5.74, 6) is 0.953. The molecule has 0 aliphatic carbocycles. The van der Waals surface area contributed by atoms with E-state index in [-0.39, 0.29) is 21.1 Å². The van der Waals surface area contributed by atoms with E-state index in [0.29, 0.717) is 23.3 Å². The molecular weight excluding hydrogens is 340 g/mol. The fourth-order valence-electron chi connectivity index (χ4n) is 0.924. The molecule has 0 N–H and O–H groups in total. The first-order valence-electron chi connectivity index (χ1n) is 3.40. The summed E-state index contributed by atoms with van der Waals surface area (Å²) < 4.78 is 9.87. The molecule has 0 saturated heterocycles. The molecule has 1 rings (SSSR count). The smallest absolute Gasteiger partial charge is 0.133 e. The molecule has 70 valence electrons. The monoisotopic (exact) mass is 349 g/mol. The van der Waals surface area contributed by atoms with Crippen LogP contribution in [-0.2, 0) is 21.1 Å². The Balaban J connectivity index is 0.00000144. The summed E-state index contributed by atoms with van der Waals surface area (Å²) in [5.41, 5.74) is 0.416. The van der Waals surface area contributed by atoms with E-state index in [0.717, 1.165) is 0 Å². The van der Waals surface area contributed by atoms with E-state index in [4.69, 9.17) is 9.47 Å². The second kappa shape index (κ2) is 5.76. The standard InChI is InChI=1S/C9H9O3.W/c1-11-8-4-3-5-9(12-2)7(8)6-10;/h4-6H,1-2H3;/q-1;. The van der Waals surface area contributed by atoms with Crippen LogP contribution in [0.2, 0.25) is 0 Å². The maximum absolute atomic E-state index is 10.6. The molecule has 0 bridgehead atoms. The third-order valence-corrected chi connectivity index (χ3v) is 1.52. The molecule has 0 aliphatic heterocycles. The Labute approximate surface area is 91.3 Å². The molecule has 0 heterocycles. The Morgan fingerprint density at radius 1 is 1.23 bits per heavy atom. The van der Waals surface area contributed by atoms with Crippen LogP contribution in [0.1, 0.15) is 10.4 Å². The van der Waals surface area contributed by atoms with Crippen LogP contribution in [-0.4, -0.2) is 20.5 Å². The Bertz CT molecular complexity index is 264. The Morgan fingerprint density at radius 3 is 2.00 bits per heavy atom. The van der Waals surface area contributed by atoms with E-state index in [9.17, 15) is 4.79 Å². The summed E-state index contributed by atoms with van der Waals surface area (Å²) in [6.45, 7) is 0. The molecule has 0 unspecified atom stereocenters. The Morgan fingerprint density at radius 2 is 1.69 bits per heavy atom. The molecule has 0 fully saturated rings. The van der Waals surface area contributed by atoms with Gasteiger partial charge in [-0.2, -0.15) is 6.07 Å². The third kappa shape index (κ3) is 2.56.